The highest BCUT2D eigenvalue weighted by atomic mass is 16.5. The van der Waals surface area contributed by atoms with Gasteiger partial charge in [0.25, 0.3) is 0 Å². The van der Waals surface area contributed by atoms with E-state index < -0.39 is 0 Å². The topological polar surface area (TPSA) is 81.6 Å². The summed E-state index contributed by atoms with van der Waals surface area (Å²) in [5, 5.41) is 19.1. The Morgan fingerprint density at radius 3 is 2.79 bits per heavy atom. The van der Waals surface area contributed by atoms with E-state index in [1.54, 1.807) is 17.1 Å². The molecule has 0 unspecified atom stereocenters. The summed E-state index contributed by atoms with van der Waals surface area (Å²) in [4.78, 5) is 4.54. The van der Waals surface area contributed by atoms with E-state index in [1.165, 1.54) is 0 Å². The van der Waals surface area contributed by atoms with Gasteiger partial charge in [-0.3, -0.25) is 9.67 Å². The molecule has 0 N–H and O–H groups in total. The number of pyridine rings is 1. The van der Waals surface area contributed by atoms with Crippen molar-refractivity contribution in [1.29, 1.82) is 5.26 Å². The molecule has 7 heteroatoms. The summed E-state index contributed by atoms with van der Waals surface area (Å²) in [5.41, 5.74) is 6.69. The van der Waals surface area contributed by atoms with Crippen molar-refractivity contribution in [2.45, 2.75) is 32.8 Å². The highest BCUT2D eigenvalue weighted by Crippen LogP contribution is 2.38. The summed E-state index contributed by atoms with van der Waals surface area (Å²) in [7, 11) is 1.89. The zero-order valence-corrected chi connectivity index (χ0v) is 16.5. The number of nitriles is 1. The molecule has 0 amide bonds. The maximum atomic E-state index is 9.25. The lowest BCUT2D eigenvalue weighted by molar-refractivity contribution is 0.202. The maximum Gasteiger partial charge on any atom is 0.141 e. The molecule has 1 aliphatic carbocycles. The molecule has 1 atom stereocenters. The van der Waals surface area contributed by atoms with Crippen LogP contribution in [0.5, 0.6) is 5.75 Å². The number of rotatable bonds is 3. The largest absolute Gasteiger partial charge is 0.484 e. The van der Waals surface area contributed by atoms with E-state index in [1.807, 2.05) is 44.0 Å². The third kappa shape index (κ3) is 2.76. The van der Waals surface area contributed by atoms with Crippen LogP contribution < -0.4 is 4.74 Å². The number of aromatic nitrogens is 5. The van der Waals surface area contributed by atoms with Crippen molar-refractivity contribution < 1.29 is 4.74 Å². The number of hydrogen-bond donors (Lipinski definition) is 0. The molecule has 1 aromatic carbocycles. The van der Waals surface area contributed by atoms with Crippen LogP contribution in [0.25, 0.3) is 16.6 Å². The average Bonchev–Trinajstić information content (AvgIpc) is 3.41. The molecule has 1 aliphatic rings. The van der Waals surface area contributed by atoms with Crippen molar-refractivity contribution in [3.63, 3.8) is 0 Å². The summed E-state index contributed by atoms with van der Waals surface area (Å²) < 4.78 is 10.1. The van der Waals surface area contributed by atoms with Gasteiger partial charge in [-0.2, -0.15) is 15.5 Å². The van der Waals surface area contributed by atoms with Gasteiger partial charge in [0.2, 0.25) is 0 Å². The fourth-order valence-corrected chi connectivity index (χ4v) is 4.07. The molecule has 0 bridgehead atoms. The van der Waals surface area contributed by atoms with E-state index in [9.17, 15) is 5.26 Å². The molecule has 0 fully saturated rings. The van der Waals surface area contributed by atoms with E-state index in [2.05, 4.69) is 27.3 Å². The first-order valence-corrected chi connectivity index (χ1v) is 9.57. The second-order valence-corrected chi connectivity index (χ2v) is 7.52. The van der Waals surface area contributed by atoms with E-state index in [0.29, 0.717) is 5.56 Å². The van der Waals surface area contributed by atoms with Gasteiger partial charge < -0.3 is 4.74 Å². The number of nitrogens with zero attached hydrogens (tertiary/aromatic N) is 6. The number of fused-ring (bicyclic) bond motifs is 2. The van der Waals surface area contributed by atoms with Crippen LogP contribution in [0.1, 0.15) is 40.5 Å². The monoisotopic (exact) mass is 384 g/mol. The minimum absolute atomic E-state index is 0.109. The predicted octanol–water partition coefficient (Wildman–Crippen LogP) is 3.71. The van der Waals surface area contributed by atoms with Gasteiger partial charge >= 0.3 is 0 Å². The Morgan fingerprint density at radius 2 is 2.03 bits per heavy atom. The lowest BCUT2D eigenvalue weighted by Gasteiger charge is -2.17. The molecule has 5 rings (SSSR count). The fraction of sp³-hybridized carbons (Fsp3) is 0.273. The van der Waals surface area contributed by atoms with E-state index in [0.717, 1.165) is 57.6 Å². The van der Waals surface area contributed by atoms with Gasteiger partial charge in [-0.1, -0.05) is 0 Å². The molecule has 29 heavy (non-hydrogen) atoms. The molecule has 0 saturated heterocycles. The molecule has 0 saturated carbocycles. The Labute approximate surface area is 168 Å². The van der Waals surface area contributed by atoms with Crippen molar-refractivity contribution in [3.8, 4) is 17.5 Å². The number of aryl methyl sites for hydroxylation is 2. The first-order valence-electron chi connectivity index (χ1n) is 9.57. The smallest absolute Gasteiger partial charge is 0.141 e. The van der Waals surface area contributed by atoms with Crippen LogP contribution in [-0.2, 0) is 13.5 Å². The van der Waals surface area contributed by atoms with E-state index in [4.69, 9.17) is 4.74 Å². The first-order chi connectivity index (χ1) is 14.0. The molecule has 3 aromatic heterocycles. The number of hydrogen-bond acceptors (Lipinski definition) is 5. The molecule has 0 radical (unpaired) electrons. The summed E-state index contributed by atoms with van der Waals surface area (Å²) in [5.74, 6) is 0.824. The maximum absolute atomic E-state index is 9.25. The first kappa shape index (κ1) is 17.4. The van der Waals surface area contributed by atoms with Gasteiger partial charge in [0.15, 0.2) is 0 Å². The van der Waals surface area contributed by atoms with E-state index in [-0.39, 0.29) is 6.10 Å². The lowest BCUT2D eigenvalue weighted by Crippen LogP contribution is -2.07. The van der Waals surface area contributed by atoms with Gasteiger partial charge in [-0.25, -0.2) is 4.68 Å². The zero-order chi connectivity index (χ0) is 20.1. The normalized spacial score (nSPS) is 15.4. The van der Waals surface area contributed by atoms with Crippen molar-refractivity contribution in [3.05, 3.63) is 64.9 Å². The van der Waals surface area contributed by atoms with E-state index >= 15 is 0 Å². The number of benzene rings is 1. The van der Waals surface area contributed by atoms with Gasteiger partial charge in [0, 0.05) is 24.7 Å². The molecule has 144 valence electrons. The van der Waals surface area contributed by atoms with Crippen LogP contribution in [0.4, 0.5) is 0 Å². The van der Waals surface area contributed by atoms with Crippen LogP contribution in [0.15, 0.2) is 36.9 Å². The summed E-state index contributed by atoms with van der Waals surface area (Å²) in [6.07, 6.45) is 8.86. The average molecular weight is 384 g/mol. The second-order valence-electron chi connectivity index (χ2n) is 7.52. The third-order valence-corrected chi connectivity index (χ3v) is 5.65. The second kappa shape index (κ2) is 6.45. The molecule has 7 nitrogen and oxygen atoms in total. The molecular weight excluding hydrogens is 364 g/mol. The summed E-state index contributed by atoms with van der Waals surface area (Å²) >= 11 is 0. The Balaban J connectivity index is 1.53. The van der Waals surface area contributed by atoms with Crippen LogP contribution in [-0.4, -0.2) is 24.5 Å². The lowest BCUT2D eigenvalue weighted by atomic mass is 10.0. The Morgan fingerprint density at radius 1 is 1.17 bits per heavy atom. The van der Waals surface area contributed by atoms with Crippen LogP contribution in [0, 0.1) is 25.2 Å². The van der Waals surface area contributed by atoms with Crippen LogP contribution in [0.3, 0.4) is 0 Å². The molecule has 0 spiro atoms. The SMILES string of the molecule is Cc1cc2cnn(-c3cnn(C)c3)c2cc1O[C@H]1CCc2c1ncc(C#N)c2C. The molecule has 0 aliphatic heterocycles. The standard InChI is InChI=1S/C22H20N6O/c1-13-6-15-10-26-28(17-11-25-27(3)12-17)19(15)7-21(13)29-20-5-4-18-14(2)16(8-23)9-24-22(18)20/h6-7,9-12,20H,4-5H2,1-3H3/t20-/m0/s1. The minimum atomic E-state index is -0.109. The van der Waals surface area contributed by atoms with Crippen molar-refractivity contribution in [1.82, 2.24) is 24.5 Å². The predicted molar refractivity (Wildman–Crippen MR) is 108 cm³/mol. The van der Waals surface area contributed by atoms with Crippen molar-refractivity contribution in [2.24, 2.45) is 7.05 Å². The molecule has 4 aromatic rings. The minimum Gasteiger partial charge on any atom is -0.484 e. The van der Waals surface area contributed by atoms with Gasteiger partial charge in [0.1, 0.15) is 23.6 Å². The Hall–Kier alpha value is -3.66. The van der Waals surface area contributed by atoms with Gasteiger partial charge in [-0.05, 0) is 49.4 Å². The van der Waals surface area contributed by atoms with Gasteiger partial charge in [-0.15, -0.1) is 0 Å². The van der Waals surface area contributed by atoms with Gasteiger partial charge in [0.05, 0.1) is 35.4 Å². The highest BCUT2D eigenvalue weighted by Gasteiger charge is 2.28. The molecule has 3 heterocycles. The Kier molecular flexibility index (Phi) is 3.88. The Bertz CT molecular complexity index is 1290. The zero-order valence-electron chi connectivity index (χ0n) is 16.5. The third-order valence-electron chi connectivity index (χ3n) is 5.65. The van der Waals surface area contributed by atoms with Crippen molar-refractivity contribution in [2.75, 3.05) is 0 Å². The summed E-state index contributed by atoms with van der Waals surface area (Å²) in [6, 6.07) is 6.36. The van der Waals surface area contributed by atoms with Crippen LogP contribution in [0.2, 0.25) is 0 Å². The quantitative estimate of drug-likeness (QED) is 0.538. The van der Waals surface area contributed by atoms with Crippen LogP contribution >= 0.6 is 0 Å². The summed E-state index contributed by atoms with van der Waals surface area (Å²) in [6.45, 7) is 4.04. The molecular formula is C22H20N6O. The van der Waals surface area contributed by atoms with Crippen molar-refractivity contribution >= 4 is 10.9 Å². The fourth-order valence-electron chi connectivity index (χ4n) is 4.07. The highest BCUT2D eigenvalue weighted by molar-refractivity contribution is 5.83. The number of ether oxygens (including phenoxy) is 1.